The molecule has 11 heteroatoms. The number of halogens is 1. The standard InChI is InChI=1S/C29H39ClN6O4/c1-17-26(25(18(2)31)19(3)37)33-27(23-14-22(6-7-24(23)30)40-16-21(38)15-32-4)34-28(17)35-12-8-20(9-13-35)29(39)36-10-5-11-36/h6-7,14,20-21,32,38H,5,8-13,15-16,31H2,1-4H3/t21-/m1/s1. The quantitative estimate of drug-likeness (QED) is 0.369. The van der Waals surface area contributed by atoms with E-state index in [1.165, 1.54) is 6.92 Å². The zero-order valence-electron chi connectivity index (χ0n) is 23.7. The van der Waals surface area contributed by atoms with Crippen molar-refractivity contribution >= 4 is 34.7 Å². The lowest BCUT2D eigenvalue weighted by Crippen LogP contribution is -2.48. The van der Waals surface area contributed by atoms with E-state index in [2.05, 4.69) is 10.2 Å². The van der Waals surface area contributed by atoms with Gasteiger partial charge >= 0.3 is 0 Å². The van der Waals surface area contributed by atoms with Crippen molar-refractivity contribution in [2.24, 2.45) is 11.7 Å². The highest BCUT2D eigenvalue weighted by molar-refractivity contribution is 6.33. The van der Waals surface area contributed by atoms with Crippen LogP contribution >= 0.6 is 11.6 Å². The topological polar surface area (TPSA) is 134 Å². The molecule has 1 aromatic heterocycles. The Hall–Kier alpha value is -3.21. The van der Waals surface area contributed by atoms with Gasteiger partial charge in [-0.3, -0.25) is 9.59 Å². The number of carbonyl (C=O) groups is 2. The lowest BCUT2D eigenvalue weighted by atomic mass is 9.93. The van der Waals surface area contributed by atoms with Gasteiger partial charge in [0.1, 0.15) is 24.3 Å². The Morgan fingerprint density at radius 3 is 2.48 bits per heavy atom. The Bertz CT molecular complexity index is 1280. The number of allylic oxidation sites excluding steroid dienone is 2. The Morgan fingerprint density at radius 1 is 1.20 bits per heavy atom. The number of Topliss-reactive ketones (excluding diaryl/α,β-unsaturated/α-hetero) is 1. The van der Waals surface area contributed by atoms with E-state index in [4.69, 9.17) is 32.0 Å². The van der Waals surface area contributed by atoms with Gasteiger partial charge in [-0.25, -0.2) is 9.97 Å². The summed E-state index contributed by atoms with van der Waals surface area (Å²) in [6.45, 7) is 8.56. The second-order valence-corrected chi connectivity index (χ2v) is 11.0. The number of aliphatic hydroxyl groups is 1. The summed E-state index contributed by atoms with van der Waals surface area (Å²) in [5, 5.41) is 13.4. The van der Waals surface area contributed by atoms with Gasteiger partial charge in [-0.05, 0) is 65.3 Å². The molecule has 2 saturated heterocycles. The molecular weight excluding hydrogens is 532 g/mol. The fourth-order valence-electron chi connectivity index (χ4n) is 5.19. The Kier molecular flexibility index (Phi) is 9.65. The van der Waals surface area contributed by atoms with Crippen molar-refractivity contribution in [3.05, 3.63) is 40.2 Å². The fourth-order valence-corrected chi connectivity index (χ4v) is 5.40. The van der Waals surface area contributed by atoms with Crippen LogP contribution in [-0.2, 0) is 9.59 Å². The fraction of sp³-hybridized carbons (Fsp3) is 0.517. The SMILES string of the molecule is CNC[C@@H](O)COc1ccc(Cl)c(-c2nc(C(C(C)=O)=C(C)N)c(C)c(N3CCC(C(=O)N4CCC4)CC3)n2)c1. The first-order valence-corrected chi connectivity index (χ1v) is 14.1. The van der Waals surface area contributed by atoms with Crippen LogP contribution in [0.25, 0.3) is 17.0 Å². The summed E-state index contributed by atoms with van der Waals surface area (Å²) < 4.78 is 5.80. The molecule has 2 fully saturated rings. The number of ether oxygens (including phenoxy) is 1. The van der Waals surface area contributed by atoms with Crippen molar-refractivity contribution in [1.82, 2.24) is 20.2 Å². The van der Waals surface area contributed by atoms with Crippen molar-refractivity contribution in [1.29, 1.82) is 0 Å². The molecule has 0 aliphatic carbocycles. The number of anilines is 1. The van der Waals surface area contributed by atoms with Crippen LogP contribution in [0, 0.1) is 12.8 Å². The summed E-state index contributed by atoms with van der Waals surface area (Å²) in [5.74, 6) is 1.58. The van der Waals surface area contributed by atoms with Gasteiger partial charge in [-0.2, -0.15) is 0 Å². The van der Waals surface area contributed by atoms with Crippen LogP contribution in [0.4, 0.5) is 5.82 Å². The number of nitrogens with zero attached hydrogens (tertiary/aromatic N) is 4. The molecular formula is C29H39ClN6O4. The summed E-state index contributed by atoms with van der Waals surface area (Å²) in [6.07, 6.45) is 1.86. The maximum atomic E-state index is 12.8. The molecule has 2 aliphatic heterocycles. The van der Waals surface area contributed by atoms with Gasteiger partial charge in [0.15, 0.2) is 11.6 Å². The van der Waals surface area contributed by atoms with Crippen LogP contribution < -0.4 is 20.7 Å². The highest BCUT2D eigenvalue weighted by atomic mass is 35.5. The molecule has 3 heterocycles. The van der Waals surface area contributed by atoms with Crippen molar-refractivity contribution in [2.45, 2.75) is 46.1 Å². The van der Waals surface area contributed by atoms with E-state index < -0.39 is 6.10 Å². The number of hydrogen-bond donors (Lipinski definition) is 3. The van der Waals surface area contributed by atoms with E-state index in [0.29, 0.717) is 64.6 Å². The Balaban J connectivity index is 1.71. The number of ketones is 1. The highest BCUT2D eigenvalue weighted by Crippen LogP contribution is 2.36. The van der Waals surface area contributed by atoms with Crippen LogP contribution in [0.1, 0.15) is 44.4 Å². The summed E-state index contributed by atoms with van der Waals surface area (Å²) >= 11 is 6.63. The van der Waals surface area contributed by atoms with Gasteiger partial charge in [0.25, 0.3) is 0 Å². The Morgan fingerprint density at radius 2 is 1.90 bits per heavy atom. The van der Waals surface area contributed by atoms with Crippen molar-refractivity contribution in [2.75, 3.05) is 51.3 Å². The number of amides is 1. The molecule has 216 valence electrons. The van der Waals surface area contributed by atoms with E-state index in [9.17, 15) is 14.7 Å². The largest absolute Gasteiger partial charge is 0.491 e. The van der Waals surface area contributed by atoms with Crippen LogP contribution in [-0.4, -0.2) is 84.1 Å². The van der Waals surface area contributed by atoms with E-state index in [1.807, 2.05) is 11.8 Å². The van der Waals surface area contributed by atoms with Gasteiger partial charge in [-0.15, -0.1) is 0 Å². The number of hydrogen-bond acceptors (Lipinski definition) is 9. The molecule has 2 aliphatic rings. The Labute approximate surface area is 240 Å². The summed E-state index contributed by atoms with van der Waals surface area (Å²) in [7, 11) is 1.76. The molecule has 40 heavy (non-hydrogen) atoms. The number of likely N-dealkylation sites (tertiary alicyclic amines) is 1. The molecule has 0 saturated carbocycles. The van der Waals surface area contributed by atoms with E-state index >= 15 is 0 Å². The summed E-state index contributed by atoms with van der Waals surface area (Å²) in [5.41, 5.74) is 8.60. The third kappa shape index (κ3) is 6.56. The zero-order chi connectivity index (χ0) is 29.0. The van der Waals surface area contributed by atoms with E-state index in [-0.39, 0.29) is 24.2 Å². The number of aromatic nitrogens is 2. The predicted octanol–water partition coefficient (Wildman–Crippen LogP) is 2.79. The zero-order valence-corrected chi connectivity index (χ0v) is 24.4. The van der Waals surface area contributed by atoms with Gasteiger partial charge in [-0.1, -0.05) is 11.6 Å². The first-order chi connectivity index (χ1) is 19.1. The van der Waals surface area contributed by atoms with Crippen molar-refractivity contribution < 1.29 is 19.4 Å². The third-order valence-corrected chi connectivity index (χ3v) is 7.81. The minimum absolute atomic E-state index is 0.0122. The van der Waals surface area contributed by atoms with Crippen molar-refractivity contribution in [3.8, 4) is 17.1 Å². The number of carbonyl (C=O) groups excluding carboxylic acids is 2. The normalized spacial score (nSPS) is 17.2. The van der Waals surface area contributed by atoms with Gasteiger partial charge in [0.2, 0.25) is 5.91 Å². The third-order valence-electron chi connectivity index (χ3n) is 7.48. The molecule has 1 aromatic carbocycles. The molecule has 4 N–H and O–H groups in total. The molecule has 0 spiro atoms. The number of piperidine rings is 1. The minimum atomic E-state index is -0.676. The van der Waals surface area contributed by atoms with Gasteiger partial charge in [0.05, 0.1) is 16.3 Å². The molecule has 4 rings (SSSR count). The van der Waals surface area contributed by atoms with Gasteiger partial charge in [0, 0.05) is 55.5 Å². The van der Waals surface area contributed by atoms with Crippen LogP contribution in [0.2, 0.25) is 5.02 Å². The van der Waals surface area contributed by atoms with E-state index in [0.717, 1.165) is 37.9 Å². The number of likely N-dealkylation sites (N-methyl/N-ethyl adjacent to an activating group) is 1. The van der Waals surface area contributed by atoms with Gasteiger partial charge < -0.3 is 30.7 Å². The second-order valence-electron chi connectivity index (χ2n) is 10.6. The second kappa shape index (κ2) is 13.0. The van der Waals surface area contributed by atoms with Crippen molar-refractivity contribution in [3.63, 3.8) is 0 Å². The molecule has 0 bridgehead atoms. The number of benzene rings is 1. The number of rotatable bonds is 10. The average Bonchev–Trinajstić information content (AvgIpc) is 2.88. The van der Waals surface area contributed by atoms with Crippen LogP contribution in [0.5, 0.6) is 5.75 Å². The molecule has 2 aromatic rings. The predicted molar refractivity (Wildman–Crippen MR) is 156 cm³/mol. The van der Waals surface area contributed by atoms with Crippen LogP contribution in [0.15, 0.2) is 23.9 Å². The number of aliphatic hydroxyl groups excluding tert-OH is 1. The number of nitrogens with one attached hydrogen (secondary N) is 1. The first kappa shape index (κ1) is 29.8. The summed E-state index contributed by atoms with van der Waals surface area (Å²) in [4.78, 5) is 39.3. The molecule has 1 amide bonds. The summed E-state index contributed by atoms with van der Waals surface area (Å²) in [6, 6.07) is 5.15. The smallest absolute Gasteiger partial charge is 0.225 e. The first-order valence-electron chi connectivity index (χ1n) is 13.8. The molecule has 0 radical (unpaired) electrons. The number of nitrogens with two attached hydrogens (primary N) is 1. The maximum Gasteiger partial charge on any atom is 0.225 e. The molecule has 0 unspecified atom stereocenters. The lowest BCUT2D eigenvalue weighted by Gasteiger charge is -2.38. The van der Waals surface area contributed by atoms with E-state index in [1.54, 1.807) is 32.2 Å². The monoisotopic (exact) mass is 570 g/mol. The maximum absolute atomic E-state index is 12.8. The molecule has 1 atom stereocenters. The average molecular weight is 571 g/mol. The molecule has 10 nitrogen and oxygen atoms in total. The highest BCUT2D eigenvalue weighted by Gasteiger charge is 2.32. The minimum Gasteiger partial charge on any atom is -0.491 e. The lowest BCUT2D eigenvalue weighted by molar-refractivity contribution is -0.139. The van der Waals surface area contributed by atoms with Crippen LogP contribution in [0.3, 0.4) is 0 Å².